The third-order valence-electron chi connectivity index (χ3n) is 4.04. The van der Waals surface area contributed by atoms with Crippen LogP contribution in [0.2, 0.25) is 0 Å². The first-order chi connectivity index (χ1) is 11.5. The minimum atomic E-state index is 0.604. The van der Waals surface area contributed by atoms with Gasteiger partial charge in [0.1, 0.15) is 5.75 Å². The second-order valence-corrected chi connectivity index (χ2v) is 7.01. The maximum Gasteiger partial charge on any atom is 0.172 e. The first kappa shape index (κ1) is 18.4. The zero-order valence-corrected chi connectivity index (χ0v) is 15.6. The van der Waals surface area contributed by atoms with E-state index in [9.17, 15) is 0 Å². The highest BCUT2D eigenvalue weighted by Crippen LogP contribution is 2.41. The van der Waals surface area contributed by atoms with Gasteiger partial charge >= 0.3 is 0 Å². The number of methoxy groups -OCH3 is 1. The van der Waals surface area contributed by atoms with Gasteiger partial charge in [-0.05, 0) is 42.2 Å². The van der Waals surface area contributed by atoms with E-state index in [1.165, 1.54) is 0 Å². The van der Waals surface area contributed by atoms with Gasteiger partial charge in [-0.15, -0.1) is 0 Å². The Morgan fingerprint density at radius 1 is 0.792 bits per heavy atom. The van der Waals surface area contributed by atoms with E-state index in [1.54, 1.807) is 7.11 Å². The van der Waals surface area contributed by atoms with Crippen LogP contribution in [0.25, 0.3) is 10.8 Å². The number of rotatable bonds is 9. The van der Waals surface area contributed by atoms with Gasteiger partial charge in [0.25, 0.3) is 0 Å². The molecule has 132 valence electrons. The molecule has 0 aliphatic rings. The minimum absolute atomic E-state index is 0.604. The fourth-order valence-electron chi connectivity index (χ4n) is 2.52. The Kier molecular flexibility index (Phi) is 6.77. The second-order valence-electron chi connectivity index (χ2n) is 7.01. The molecule has 0 heterocycles. The summed E-state index contributed by atoms with van der Waals surface area (Å²) in [5.41, 5.74) is 0. The van der Waals surface area contributed by atoms with Crippen LogP contribution in [-0.4, -0.2) is 20.3 Å². The summed E-state index contributed by atoms with van der Waals surface area (Å²) in [6.45, 7) is 10.2. The maximum absolute atomic E-state index is 6.12. The number of hydrogen-bond donors (Lipinski definition) is 0. The molecular weight excluding hydrogens is 300 g/mol. The Hall–Kier alpha value is -1.90. The van der Waals surface area contributed by atoms with Crippen LogP contribution in [0.5, 0.6) is 17.2 Å². The van der Waals surface area contributed by atoms with Crippen molar-refractivity contribution in [1.29, 1.82) is 0 Å². The number of ether oxygens (including phenoxy) is 3. The number of benzene rings is 2. The Balaban J connectivity index is 2.35. The molecule has 0 bridgehead atoms. The van der Waals surface area contributed by atoms with Crippen molar-refractivity contribution in [3.8, 4) is 17.2 Å². The van der Waals surface area contributed by atoms with Crippen LogP contribution < -0.4 is 14.2 Å². The van der Waals surface area contributed by atoms with Crippen LogP contribution in [0.15, 0.2) is 30.3 Å². The van der Waals surface area contributed by atoms with Crippen LogP contribution in [-0.2, 0) is 0 Å². The van der Waals surface area contributed by atoms with Gasteiger partial charge in [0.05, 0.1) is 25.7 Å². The minimum Gasteiger partial charge on any atom is -0.493 e. The average Bonchev–Trinajstić information content (AvgIpc) is 2.54. The van der Waals surface area contributed by atoms with Gasteiger partial charge < -0.3 is 14.2 Å². The molecule has 0 saturated heterocycles. The summed E-state index contributed by atoms with van der Waals surface area (Å²) < 4.78 is 17.7. The van der Waals surface area contributed by atoms with Gasteiger partial charge in [-0.3, -0.25) is 0 Å². The van der Waals surface area contributed by atoms with E-state index in [2.05, 4.69) is 39.8 Å². The lowest BCUT2D eigenvalue weighted by Gasteiger charge is -2.17. The molecule has 3 heteroatoms. The molecule has 0 N–H and O–H groups in total. The lowest BCUT2D eigenvalue weighted by atomic mass is 10.1. The summed E-state index contributed by atoms with van der Waals surface area (Å²) in [4.78, 5) is 0. The summed E-state index contributed by atoms with van der Waals surface area (Å²) in [5.74, 6) is 3.64. The smallest absolute Gasteiger partial charge is 0.172 e. The van der Waals surface area contributed by atoms with Gasteiger partial charge in [0.2, 0.25) is 0 Å². The molecule has 0 aliphatic carbocycles. The van der Waals surface area contributed by atoms with Crippen molar-refractivity contribution in [3.63, 3.8) is 0 Å². The molecular formula is C21H30O3. The molecule has 0 aliphatic heterocycles. The predicted molar refractivity (Wildman–Crippen MR) is 100 cm³/mol. The van der Waals surface area contributed by atoms with Gasteiger partial charge in [-0.25, -0.2) is 0 Å². The van der Waals surface area contributed by atoms with Gasteiger partial charge in [0, 0.05) is 0 Å². The summed E-state index contributed by atoms with van der Waals surface area (Å²) in [6, 6.07) is 10.1. The predicted octanol–water partition coefficient (Wildman–Crippen LogP) is 5.70. The molecule has 0 saturated carbocycles. The largest absolute Gasteiger partial charge is 0.493 e. The van der Waals surface area contributed by atoms with Crippen molar-refractivity contribution in [3.05, 3.63) is 30.3 Å². The van der Waals surface area contributed by atoms with Crippen LogP contribution in [0.4, 0.5) is 0 Å². The van der Waals surface area contributed by atoms with E-state index < -0.39 is 0 Å². The molecule has 2 rings (SSSR count). The molecule has 24 heavy (non-hydrogen) atoms. The highest BCUT2D eigenvalue weighted by molar-refractivity contribution is 5.95. The van der Waals surface area contributed by atoms with Gasteiger partial charge in [-0.1, -0.05) is 45.9 Å². The first-order valence-electron chi connectivity index (χ1n) is 8.88. The second kappa shape index (κ2) is 8.81. The monoisotopic (exact) mass is 330 g/mol. The van der Waals surface area contributed by atoms with Gasteiger partial charge in [0.15, 0.2) is 11.5 Å². The zero-order valence-electron chi connectivity index (χ0n) is 15.6. The van der Waals surface area contributed by atoms with Crippen LogP contribution in [0.1, 0.15) is 40.5 Å². The summed E-state index contributed by atoms with van der Waals surface area (Å²) in [6.07, 6.45) is 2.04. The van der Waals surface area contributed by atoms with Crippen molar-refractivity contribution >= 4 is 10.8 Å². The van der Waals surface area contributed by atoms with Crippen molar-refractivity contribution in [2.75, 3.05) is 20.3 Å². The SMILES string of the molecule is COc1ccc2cccc(OCCC(C)C)c2c1OCCC(C)C. The molecule has 0 aromatic heterocycles. The van der Waals surface area contributed by atoms with E-state index in [4.69, 9.17) is 14.2 Å². The van der Waals surface area contributed by atoms with Crippen molar-refractivity contribution in [2.24, 2.45) is 11.8 Å². The van der Waals surface area contributed by atoms with E-state index in [0.29, 0.717) is 25.0 Å². The summed E-state index contributed by atoms with van der Waals surface area (Å²) in [5, 5.41) is 2.11. The third kappa shape index (κ3) is 4.80. The quantitative estimate of drug-likeness (QED) is 0.590. The molecule has 0 amide bonds. The fourth-order valence-corrected chi connectivity index (χ4v) is 2.52. The molecule has 0 spiro atoms. The Bertz CT molecular complexity index is 647. The Morgan fingerprint density at radius 3 is 2.08 bits per heavy atom. The van der Waals surface area contributed by atoms with Crippen molar-refractivity contribution < 1.29 is 14.2 Å². The molecule has 0 atom stereocenters. The van der Waals surface area contributed by atoms with E-state index >= 15 is 0 Å². The first-order valence-corrected chi connectivity index (χ1v) is 8.88. The summed E-state index contributed by atoms with van der Waals surface area (Å²) >= 11 is 0. The Morgan fingerprint density at radius 2 is 1.46 bits per heavy atom. The van der Waals surface area contributed by atoms with Gasteiger partial charge in [-0.2, -0.15) is 0 Å². The fraction of sp³-hybridized carbons (Fsp3) is 0.524. The average molecular weight is 330 g/mol. The zero-order chi connectivity index (χ0) is 17.5. The molecule has 0 unspecified atom stereocenters. The standard InChI is InChI=1S/C21H30O3/c1-15(2)11-13-23-18-8-6-7-17-9-10-19(22-5)21(20(17)18)24-14-12-16(3)4/h6-10,15-16H,11-14H2,1-5H3. The number of hydrogen-bond acceptors (Lipinski definition) is 3. The van der Waals surface area contributed by atoms with Crippen LogP contribution in [0, 0.1) is 11.8 Å². The van der Waals surface area contributed by atoms with E-state index in [0.717, 1.165) is 40.9 Å². The third-order valence-corrected chi connectivity index (χ3v) is 4.04. The van der Waals surface area contributed by atoms with Crippen molar-refractivity contribution in [1.82, 2.24) is 0 Å². The highest BCUT2D eigenvalue weighted by Gasteiger charge is 2.15. The molecule has 0 radical (unpaired) electrons. The number of fused-ring (bicyclic) bond motifs is 1. The lowest BCUT2D eigenvalue weighted by Crippen LogP contribution is -2.05. The molecule has 3 nitrogen and oxygen atoms in total. The van der Waals surface area contributed by atoms with E-state index in [-0.39, 0.29) is 0 Å². The Labute approximate surface area is 145 Å². The topological polar surface area (TPSA) is 27.7 Å². The normalized spacial score (nSPS) is 11.3. The highest BCUT2D eigenvalue weighted by atomic mass is 16.5. The lowest BCUT2D eigenvalue weighted by molar-refractivity contribution is 0.271. The summed E-state index contributed by atoms with van der Waals surface area (Å²) in [7, 11) is 1.68. The molecule has 2 aromatic rings. The molecule has 0 fully saturated rings. The maximum atomic E-state index is 6.12. The van der Waals surface area contributed by atoms with Crippen LogP contribution >= 0.6 is 0 Å². The molecule has 2 aromatic carbocycles. The van der Waals surface area contributed by atoms with Crippen LogP contribution in [0.3, 0.4) is 0 Å². The van der Waals surface area contributed by atoms with Crippen molar-refractivity contribution in [2.45, 2.75) is 40.5 Å². The van der Waals surface area contributed by atoms with E-state index in [1.807, 2.05) is 18.2 Å².